The number of H-pyrrole nitrogens is 1. The van der Waals surface area contributed by atoms with Gasteiger partial charge in [-0.3, -0.25) is 9.69 Å². The van der Waals surface area contributed by atoms with Crippen molar-refractivity contribution in [1.29, 1.82) is 0 Å². The van der Waals surface area contributed by atoms with E-state index >= 15 is 0 Å². The quantitative estimate of drug-likeness (QED) is 0.832. The van der Waals surface area contributed by atoms with Gasteiger partial charge < -0.3 is 9.88 Å². The molecule has 2 aromatic rings. The Kier molecular flexibility index (Phi) is 5.47. The van der Waals surface area contributed by atoms with Crippen LogP contribution in [-0.4, -0.2) is 72.8 Å². The fourth-order valence-corrected chi connectivity index (χ4v) is 6.51. The lowest BCUT2D eigenvalue weighted by atomic mass is 9.89. The van der Waals surface area contributed by atoms with Crippen molar-refractivity contribution in [3.63, 3.8) is 0 Å². The molecule has 0 aliphatic carbocycles. The van der Waals surface area contributed by atoms with Crippen LogP contribution in [0.15, 0.2) is 30.5 Å². The molecule has 7 heteroatoms. The fraction of sp³-hybridized carbons (Fsp3) is 0.571. The minimum atomic E-state index is -2.98. The number of hydrogen-bond donors (Lipinski definition) is 1. The topological polar surface area (TPSA) is 73.5 Å². The smallest absolute Gasteiger partial charge is 0.237 e. The number of nitrogens with zero attached hydrogens (tertiary/aromatic N) is 2. The Morgan fingerprint density at radius 3 is 2.64 bits per heavy atom. The van der Waals surface area contributed by atoms with Crippen LogP contribution in [0.1, 0.15) is 37.7 Å². The van der Waals surface area contributed by atoms with E-state index in [0.717, 1.165) is 25.9 Å². The Hall–Kier alpha value is -1.86. The van der Waals surface area contributed by atoms with Crippen molar-refractivity contribution in [2.24, 2.45) is 0 Å². The van der Waals surface area contributed by atoms with E-state index in [1.54, 1.807) is 4.90 Å². The number of piperidine rings is 1. The molecule has 6 nitrogen and oxygen atoms in total. The standard InChI is InChI=1S/C21H29N3O3S/c1-2-24(17-9-12-28(26,27)15-17)21(25)14-23-10-7-16(8-11-23)19-13-22-20-6-4-3-5-18(19)20/h3-6,13,16-17,22H,2,7-12,14-15H2,1H3. The molecule has 1 N–H and O–H groups in total. The van der Waals surface area contributed by atoms with E-state index in [4.69, 9.17) is 0 Å². The fourth-order valence-electron chi connectivity index (χ4n) is 4.78. The summed E-state index contributed by atoms with van der Waals surface area (Å²) in [6.07, 6.45) is 4.79. The highest BCUT2D eigenvalue weighted by molar-refractivity contribution is 7.91. The van der Waals surface area contributed by atoms with Gasteiger partial charge in [0.1, 0.15) is 0 Å². The first-order valence-corrected chi connectivity index (χ1v) is 12.1. The van der Waals surface area contributed by atoms with Gasteiger partial charge in [0.2, 0.25) is 5.91 Å². The minimum Gasteiger partial charge on any atom is -0.361 e. The van der Waals surface area contributed by atoms with Crippen LogP contribution in [0.4, 0.5) is 0 Å². The van der Waals surface area contributed by atoms with Crippen molar-refractivity contribution < 1.29 is 13.2 Å². The van der Waals surface area contributed by atoms with Gasteiger partial charge in [-0.15, -0.1) is 0 Å². The number of rotatable bonds is 5. The summed E-state index contributed by atoms with van der Waals surface area (Å²) in [6, 6.07) is 8.26. The highest BCUT2D eigenvalue weighted by Crippen LogP contribution is 2.33. The predicted octanol–water partition coefficient (Wildman–Crippen LogP) is 2.38. The van der Waals surface area contributed by atoms with Crippen molar-refractivity contribution in [2.45, 2.75) is 38.1 Å². The van der Waals surface area contributed by atoms with Crippen LogP contribution >= 0.6 is 0 Å². The largest absolute Gasteiger partial charge is 0.361 e. The summed E-state index contributed by atoms with van der Waals surface area (Å²) in [4.78, 5) is 20.2. The Labute approximate surface area is 166 Å². The zero-order chi connectivity index (χ0) is 19.7. The van der Waals surface area contributed by atoms with Gasteiger partial charge in [0.05, 0.1) is 18.1 Å². The first-order chi connectivity index (χ1) is 13.5. The molecule has 1 unspecified atom stereocenters. The number of nitrogens with one attached hydrogen (secondary N) is 1. The molecule has 0 radical (unpaired) electrons. The van der Waals surface area contributed by atoms with E-state index < -0.39 is 9.84 Å². The van der Waals surface area contributed by atoms with E-state index in [1.165, 1.54) is 16.5 Å². The normalized spacial score (nSPS) is 23.2. The van der Waals surface area contributed by atoms with E-state index in [-0.39, 0.29) is 23.5 Å². The summed E-state index contributed by atoms with van der Waals surface area (Å²) in [7, 11) is -2.98. The molecule has 1 amide bonds. The van der Waals surface area contributed by atoms with Gasteiger partial charge in [-0.05, 0) is 56.8 Å². The number of likely N-dealkylation sites (N-methyl/N-ethyl adjacent to an activating group) is 1. The van der Waals surface area contributed by atoms with Gasteiger partial charge in [-0.2, -0.15) is 0 Å². The maximum Gasteiger partial charge on any atom is 0.237 e. The SMILES string of the molecule is CCN(C(=O)CN1CCC(c2c[nH]c3ccccc23)CC1)C1CCS(=O)(=O)C1. The summed E-state index contributed by atoms with van der Waals surface area (Å²) in [5.74, 6) is 0.909. The van der Waals surface area contributed by atoms with Crippen molar-refractivity contribution >= 4 is 26.6 Å². The molecule has 2 aliphatic rings. The number of para-hydroxylation sites is 1. The predicted molar refractivity (Wildman–Crippen MR) is 111 cm³/mol. The van der Waals surface area contributed by atoms with E-state index in [1.807, 2.05) is 13.0 Å². The maximum atomic E-state index is 12.8. The molecule has 152 valence electrons. The zero-order valence-corrected chi connectivity index (χ0v) is 17.2. The molecule has 2 saturated heterocycles. The summed E-state index contributed by atoms with van der Waals surface area (Å²) in [5.41, 5.74) is 2.56. The van der Waals surface area contributed by atoms with E-state index in [2.05, 4.69) is 34.3 Å². The minimum absolute atomic E-state index is 0.0649. The molecule has 0 bridgehead atoms. The number of fused-ring (bicyclic) bond motifs is 1. The Morgan fingerprint density at radius 1 is 1.21 bits per heavy atom. The molecular formula is C21H29N3O3S. The highest BCUT2D eigenvalue weighted by Gasteiger charge is 2.34. The second kappa shape index (κ2) is 7.87. The Bertz CT molecular complexity index is 945. The van der Waals surface area contributed by atoms with Crippen LogP contribution in [0, 0.1) is 0 Å². The molecular weight excluding hydrogens is 374 g/mol. The molecule has 1 aromatic carbocycles. The Morgan fingerprint density at radius 2 is 1.96 bits per heavy atom. The molecule has 1 aromatic heterocycles. The van der Waals surface area contributed by atoms with Gasteiger partial charge in [0.15, 0.2) is 9.84 Å². The monoisotopic (exact) mass is 403 g/mol. The molecule has 28 heavy (non-hydrogen) atoms. The summed E-state index contributed by atoms with van der Waals surface area (Å²) >= 11 is 0. The third kappa shape index (κ3) is 3.96. The van der Waals surface area contributed by atoms with Crippen molar-refractivity contribution in [3.05, 3.63) is 36.0 Å². The number of aromatic nitrogens is 1. The van der Waals surface area contributed by atoms with Crippen molar-refractivity contribution in [2.75, 3.05) is 37.7 Å². The number of aromatic amines is 1. The van der Waals surface area contributed by atoms with Crippen LogP contribution in [0.5, 0.6) is 0 Å². The first kappa shape index (κ1) is 19.5. The second-order valence-corrected chi connectivity index (χ2v) is 10.3. The van der Waals surface area contributed by atoms with Crippen molar-refractivity contribution in [1.82, 2.24) is 14.8 Å². The average Bonchev–Trinajstić information content (AvgIpc) is 3.26. The Balaban J connectivity index is 1.34. The zero-order valence-electron chi connectivity index (χ0n) is 16.4. The van der Waals surface area contributed by atoms with Gasteiger partial charge in [-0.25, -0.2) is 8.42 Å². The number of benzene rings is 1. The highest BCUT2D eigenvalue weighted by atomic mass is 32.2. The second-order valence-electron chi connectivity index (χ2n) is 8.08. The van der Waals surface area contributed by atoms with Gasteiger partial charge in [-0.1, -0.05) is 18.2 Å². The maximum absolute atomic E-state index is 12.8. The summed E-state index contributed by atoms with van der Waals surface area (Å²) < 4.78 is 23.5. The molecule has 4 rings (SSSR count). The van der Waals surface area contributed by atoms with Crippen LogP contribution in [0.3, 0.4) is 0 Å². The third-order valence-electron chi connectivity index (χ3n) is 6.32. The summed E-state index contributed by atoms with van der Waals surface area (Å²) in [6.45, 7) is 4.70. The first-order valence-electron chi connectivity index (χ1n) is 10.2. The average molecular weight is 404 g/mol. The van der Waals surface area contributed by atoms with Gasteiger partial charge >= 0.3 is 0 Å². The number of likely N-dealkylation sites (tertiary alicyclic amines) is 1. The number of carbonyl (C=O) groups is 1. The van der Waals surface area contributed by atoms with Crippen LogP contribution in [0.25, 0.3) is 10.9 Å². The molecule has 0 saturated carbocycles. The number of sulfone groups is 1. The van der Waals surface area contributed by atoms with Gasteiger partial charge in [0, 0.05) is 29.7 Å². The lowest BCUT2D eigenvalue weighted by Gasteiger charge is -2.34. The van der Waals surface area contributed by atoms with Crippen LogP contribution < -0.4 is 0 Å². The lowest BCUT2D eigenvalue weighted by Crippen LogP contribution is -2.47. The summed E-state index contributed by atoms with van der Waals surface area (Å²) in [5, 5.41) is 1.30. The molecule has 1 atom stereocenters. The molecule has 2 fully saturated rings. The number of carbonyl (C=O) groups excluding carboxylic acids is 1. The van der Waals surface area contributed by atoms with E-state index in [9.17, 15) is 13.2 Å². The molecule has 0 spiro atoms. The number of hydrogen-bond acceptors (Lipinski definition) is 4. The molecule has 3 heterocycles. The van der Waals surface area contributed by atoms with E-state index in [0.29, 0.717) is 25.4 Å². The third-order valence-corrected chi connectivity index (χ3v) is 8.07. The number of amides is 1. The lowest BCUT2D eigenvalue weighted by molar-refractivity contribution is -0.134. The van der Waals surface area contributed by atoms with Gasteiger partial charge in [0.25, 0.3) is 0 Å². The molecule has 2 aliphatic heterocycles. The van der Waals surface area contributed by atoms with Crippen molar-refractivity contribution in [3.8, 4) is 0 Å². The van der Waals surface area contributed by atoms with Crippen LogP contribution in [-0.2, 0) is 14.6 Å². The van der Waals surface area contributed by atoms with Crippen LogP contribution in [0.2, 0.25) is 0 Å².